The number of alkyl halides is 3. The molecule has 1 fully saturated rings. The van der Waals surface area contributed by atoms with Crippen LogP contribution in [0.15, 0.2) is 30.3 Å². The number of H-pyrrole nitrogens is 1. The lowest BCUT2D eigenvalue weighted by Crippen LogP contribution is -2.46. The third kappa shape index (κ3) is 6.31. The Bertz CT molecular complexity index is 1140. The molecule has 0 spiro atoms. The molecule has 1 aromatic carbocycles. The number of rotatable bonds is 6. The highest BCUT2D eigenvalue weighted by atomic mass is 35.5. The van der Waals surface area contributed by atoms with Gasteiger partial charge in [-0.1, -0.05) is 17.7 Å². The minimum absolute atomic E-state index is 0.0333. The molecule has 12 heteroatoms. The monoisotopic (exact) mass is 528 g/mol. The molecule has 1 atom stereocenters. The Morgan fingerprint density at radius 1 is 1.17 bits per heavy atom. The molecule has 1 saturated heterocycles. The number of amides is 3. The van der Waals surface area contributed by atoms with Crippen LogP contribution in [0.2, 0.25) is 5.02 Å². The first-order valence-electron chi connectivity index (χ1n) is 11.3. The summed E-state index contributed by atoms with van der Waals surface area (Å²) in [4.78, 5) is 42.2. The maximum Gasteiger partial charge on any atom is 0.431 e. The molecule has 36 heavy (non-hydrogen) atoms. The van der Waals surface area contributed by atoms with E-state index in [4.69, 9.17) is 11.6 Å². The van der Waals surface area contributed by atoms with Gasteiger partial charge in [-0.25, -0.2) is 4.79 Å². The first-order chi connectivity index (χ1) is 16.7. The van der Waals surface area contributed by atoms with Crippen LogP contribution < -0.4 is 5.32 Å². The number of aromatic amines is 1. The molecule has 3 amide bonds. The van der Waals surface area contributed by atoms with E-state index in [1.165, 1.54) is 9.80 Å². The van der Waals surface area contributed by atoms with E-state index < -0.39 is 41.4 Å². The molecule has 0 radical (unpaired) electrons. The van der Waals surface area contributed by atoms with Gasteiger partial charge >= 0.3 is 12.3 Å². The molecule has 3 rings (SSSR count). The number of benzene rings is 1. The van der Waals surface area contributed by atoms with Crippen molar-refractivity contribution in [2.24, 2.45) is 0 Å². The number of hydrogen-bond donors (Lipinski definition) is 3. The van der Waals surface area contributed by atoms with Gasteiger partial charge in [0.25, 0.3) is 5.91 Å². The van der Waals surface area contributed by atoms with Crippen molar-refractivity contribution in [1.29, 1.82) is 0 Å². The zero-order chi connectivity index (χ0) is 26.8. The largest absolute Gasteiger partial charge is 0.465 e. The molecule has 3 N–H and O–H groups in total. The summed E-state index contributed by atoms with van der Waals surface area (Å²) in [6.45, 7) is 5.65. The summed E-state index contributed by atoms with van der Waals surface area (Å²) < 4.78 is 38.7. The van der Waals surface area contributed by atoms with E-state index in [2.05, 4.69) is 10.3 Å². The van der Waals surface area contributed by atoms with E-state index >= 15 is 0 Å². The average molecular weight is 529 g/mol. The predicted octanol–water partition coefficient (Wildman–Crippen LogP) is 4.89. The van der Waals surface area contributed by atoms with E-state index in [0.29, 0.717) is 29.0 Å². The molecule has 0 saturated carbocycles. The van der Waals surface area contributed by atoms with Crippen molar-refractivity contribution < 1.29 is 32.7 Å². The molecule has 2 heterocycles. The minimum atomic E-state index is -4.61. The fourth-order valence-corrected chi connectivity index (χ4v) is 4.29. The summed E-state index contributed by atoms with van der Waals surface area (Å²) in [7, 11) is 0. The normalized spacial score (nSPS) is 16.2. The van der Waals surface area contributed by atoms with E-state index in [1.807, 2.05) is 0 Å². The third-order valence-corrected chi connectivity index (χ3v) is 6.26. The zero-order valence-corrected chi connectivity index (χ0v) is 20.8. The van der Waals surface area contributed by atoms with Crippen LogP contribution in [0.4, 0.5) is 18.0 Å². The summed E-state index contributed by atoms with van der Waals surface area (Å²) >= 11 is 6.14. The smallest absolute Gasteiger partial charge is 0.431 e. The van der Waals surface area contributed by atoms with Gasteiger partial charge in [0, 0.05) is 30.2 Å². The molecule has 1 aliphatic rings. The fourth-order valence-electron chi connectivity index (χ4n) is 4.10. The Balaban J connectivity index is 1.73. The van der Waals surface area contributed by atoms with Crippen LogP contribution in [-0.2, 0) is 24.1 Å². The van der Waals surface area contributed by atoms with Crippen molar-refractivity contribution in [3.63, 3.8) is 0 Å². The van der Waals surface area contributed by atoms with Gasteiger partial charge in [0.1, 0.15) is 17.4 Å². The van der Waals surface area contributed by atoms with Gasteiger partial charge in [0.05, 0.1) is 0 Å². The Morgan fingerprint density at radius 2 is 1.86 bits per heavy atom. The van der Waals surface area contributed by atoms with Crippen molar-refractivity contribution in [2.75, 3.05) is 6.54 Å². The standard InChI is InChI=1S/C24H28ClF3N4O4/c1-23(2,3)32(22(35)36)13-14-6-7-16(25)11-15(14)12-29-20(33)18-5-4-10-31(18)21(34)17-8-9-19(30-17)24(26,27)28/h6-9,11,18,30H,4-5,10,12-13H2,1-3H3,(H,29,33)(H,35,36). The number of likely N-dealkylation sites (tertiary alicyclic amines) is 1. The maximum atomic E-state index is 13.0. The molecule has 1 unspecified atom stereocenters. The van der Waals surface area contributed by atoms with E-state index in [1.54, 1.807) is 39.0 Å². The molecule has 0 bridgehead atoms. The lowest BCUT2D eigenvalue weighted by atomic mass is 10.0. The highest BCUT2D eigenvalue weighted by Crippen LogP contribution is 2.29. The second kappa shape index (κ2) is 10.4. The second-order valence-corrected chi connectivity index (χ2v) is 10.0. The van der Waals surface area contributed by atoms with Crippen LogP contribution in [0.5, 0.6) is 0 Å². The number of halogens is 4. The molecule has 1 aliphatic heterocycles. The van der Waals surface area contributed by atoms with Crippen LogP contribution in [0, 0.1) is 0 Å². The van der Waals surface area contributed by atoms with Crippen molar-refractivity contribution >= 4 is 29.5 Å². The lowest BCUT2D eigenvalue weighted by Gasteiger charge is -2.33. The molecular weight excluding hydrogens is 501 g/mol. The van der Waals surface area contributed by atoms with Gasteiger partial charge in [-0.05, 0) is 69.0 Å². The van der Waals surface area contributed by atoms with Crippen LogP contribution in [0.1, 0.15) is 60.9 Å². The Labute approximate surface area is 211 Å². The molecule has 0 aliphatic carbocycles. The Kier molecular flexibility index (Phi) is 7.92. The van der Waals surface area contributed by atoms with Crippen LogP contribution in [0.25, 0.3) is 0 Å². The first-order valence-corrected chi connectivity index (χ1v) is 11.7. The Morgan fingerprint density at radius 3 is 2.44 bits per heavy atom. The lowest BCUT2D eigenvalue weighted by molar-refractivity contribution is -0.140. The van der Waals surface area contributed by atoms with Gasteiger partial charge in [-0.15, -0.1) is 0 Å². The summed E-state index contributed by atoms with van der Waals surface area (Å²) in [6.07, 6.45) is -4.81. The topological polar surface area (TPSA) is 106 Å². The van der Waals surface area contributed by atoms with Gasteiger partial charge in [-0.3, -0.25) is 14.5 Å². The average Bonchev–Trinajstić information content (AvgIpc) is 3.45. The van der Waals surface area contributed by atoms with Crippen molar-refractivity contribution in [2.45, 2.75) is 64.5 Å². The van der Waals surface area contributed by atoms with Crippen LogP contribution in [-0.4, -0.2) is 55.9 Å². The predicted molar refractivity (Wildman–Crippen MR) is 126 cm³/mol. The highest BCUT2D eigenvalue weighted by molar-refractivity contribution is 6.30. The quantitative estimate of drug-likeness (QED) is 0.496. The number of aromatic nitrogens is 1. The van der Waals surface area contributed by atoms with Gasteiger partial charge in [-0.2, -0.15) is 13.2 Å². The van der Waals surface area contributed by atoms with Gasteiger partial charge in [0.2, 0.25) is 5.91 Å². The van der Waals surface area contributed by atoms with Crippen LogP contribution in [0.3, 0.4) is 0 Å². The second-order valence-electron chi connectivity index (χ2n) is 9.61. The molecule has 196 valence electrons. The summed E-state index contributed by atoms with van der Waals surface area (Å²) in [5.41, 5.74) is -0.676. The molecule has 2 aromatic rings. The van der Waals surface area contributed by atoms with Crippen molar-refractivity contribution in [3.05, 3.63) is 57.9 Å². The van der Waals surface area contributed by atoms with Gasteiger partial charge < -0.3 is 20.3 Å². The Hall–Kier alpha value is -3.21. The number of hydrogen-bond acceptors (Lipinski definition) is 3. The van der Waals surface area contributed by atoms with E-state index in [0.717, 1.165) is 12.1 Å². The van der Waals surface area contributed by atoms with Gasteiger partial charge in [0.15, 0.2) is 0 Å². The zero-order valence-electron chi connectivity index (χ0n) is 20.1. The summed E-state index contributed by atoms with van der Waals surface area (Å²) in [6, 6.07) is 5.96. The minimum Gasteiger partial charge on any atom is -0.465 e. The molecule has 8 nitrogen and oxygen atoms in total. The number of nitrogens with zero attached hydrogens (tertiary/aromatic N) is 2. The summed E-state index contributed by atoms with van der Waals surface area (Å²) in [5, 5.41) is 12.8. The molecule has 1 aromatic heterocycles. The fraction of sp³-hybridized carbons (Fsp3) is 0.458. The van der Waals surface area contributed by atoms with E-state index in [-0.39, 0.29) is 25.3 Å². The number of nitrogens with one attached hydrogen (secondary N) is 2. The van der Waals surface area contributed by atoms with Crippen molar-refractivity contribution in [3.8, 4) is 0 Å². The molecular formula is C24H28ClF3N4O4. The number of carboxylic acid groups (broad SMARTS) is 1. The maximum absolute atomic E-state index is 13.0. The van der Waals surface area contributed by atoms with Crippen LogP contribution >= 0.6 is 11.6 Å². The third-order valence-electron chi connectivity index (χ3n) is 6.03. The first kappa shape index (κ1) is 27.4. The number of carbonyl (C=O) groups excluding carboxylic acids is 2. The van der Waals surface area contributed by atoms with E-state index in [9.17, 15) is 32.7 Å². The summed E-state index contributed by atoms with van der Waals surface area (Å²) in [5.74, 6) is -1.14. The highest BCUT2D eigenvalue weighted by Gasteiger charge is 2.37. The number of carbonyl (C=O) groups is 3. The van der Waals surface area contributed by atoms with Crippen molar-refractivity contribution in [1.82, 2.24) is 20.1 Å². The SMILES string of the molecule is CC(C)(C)N(Cc1ccc(Cl)cc1CNC(=O)C1CCCN1C(=O)c1ccc(C(F)(F)F)[nH]1)C(=O)O.